The number of nitrogens with zero attached hydrogens (tertiary/aromatic N) is 2. The van der Waals surface area contributed by atoms with Crippen LogP contribution in [-0.4, -0.2) is 56.3 Å². The van der Waals surface area contributed by atoms with E-state index in [0.717, 1.165) is 45.4 Å². The van der Waals surface area contributed by atoms with E-state index >= 15 is 0 Å². The number of benzene rings is 1. The molecule has 0 radical (unpaired) electrons. The van der Waals surface area contributed by atoms with Crippen LogP contribution in [-0.2, 0) is 4.74 Å². The molecule has 27 heavy (non-hydrogen) atoms. The number of rotatable bonds is 6. The zero-order valence-electron chi connectivity index (χ0n) is 16.7. The summed E-state index contributed by atoms with van der Waals surface area (Å²) in [7, 11) is 0. The second-order valence-electron chi connectivity index (χ2n) is 7.42. The molecule has 2 N–H and O–H groups in total. The molecule has 1 saturated carbocycles. The second-order valence-corrected chi connectivity index (χ2v) is 7.42. The van der Waals surface area contributed by atoms with E-state index in [4.69, 9.17) is 9.73 Å². The Morgan fingerprint density at radius 1 is 1.19 bits per heavy atom. The second kappa shape index (κ2) is 11.9. The van der Waals surface area contributed by atoms with Gasteiger partial charge in [0, 0.05) is 25.7 Å². The van der Waals surface area contributed by atoms with E-state index in [0.29, 0.717) is 12.1 Å². The number of aliphatic imine (C=N–C) groups is 1. The summed E-state index contributed by atoms with van der Waals surface area (Å²) < 4.78 is 5.56. The monoisotopic (exact) mass is 486 g/mol. The van der Waals surface area contributed by atoms with Gasteiger partial charge in [-0.15, -0.1) is 24.0 Å². The summed E-state index contributed by atoms with van der Waals surface area (Å²) in [5.74, 6) is 0.963. The normalized spacial score (nSPS) is 20.1. The summed E-state index contributed by atoms with van der Waals surface area (Å²) in [6.07, 6.45) is 5.18. The van der Waals surface area contributed by atoms with Crippen LogP contribution in [0.15, 0.2) is 29.3 Å². The Bertz CT molecular complexity index is 566. The summed E-state index contributed by atoms with van der Waals surface area (Å²) in [6, 6.07) is 9.79. The van der Waals surface area contributed by atoms with Crippen molar-refractivity contribution in [3.05, 3.63) is 35.4 Å². The minimum absolute atomic E-state index is 0. The zero-order valence-corrected chi connectivity index (χ0v) is 19.1. The van der Waals surface area contributed by atoms with Crippen molar-refractivity contribution in [1.82, 2.24) is 15.5 Å². The minimum atomic E-state index is 0. The van der Waals surface area contributed by atoms with Crippen LogP contribution in [0.2, 0.25) is 0 Å². The Morgan fingerprint density at radius 2 is 1.85 bits per heavy atom. The van der Waals surface area contributed by atoms with Crippen molar-refractivity contribution in [3.63, 3.8) is 0 Å². The SMILES string of the molecule is CCNC(=NCC(c1ccc(C)cc1)N1CCOCC1)NC1CCCC1.I. The highest BCUT2D eigenvalue weighted by Gasteiger charge is 2.23. The lowest BCUT2D eigenvalue weighted by molar-refractivity contribution is 0.0179. The predicted octanol–water partition coefficient (Wildman–Crippen LogP) is 3.48. The molecule has 1 aliphatic heterocycles. The zero-order chi connectivity index (χ0) is 18.2. The summed E-state index contributed by atoms with van der Waals surface area (Å²) in [5.41, 5.74) is 2.65. The van der Waals surface area contributed by atoms with Gasteiger partial charge in [0.2, 0.25) is 0 Å². The van der Waals surface area contributed by atoms with E-state index in [-0.39, 0.29) is 24.0 Å². The van der Waals surface area contributed by atoms with Crippen molar-refractivity contribution in [3.8, 4) is 0 Å². The molecule has 0 spiro atoms. The molecule has 6 heteroatoms. The lowest BCUT2D eigenvalue weighted by atomic mass is 10.0. The first-order chi connectivity index (χ1) is 12.8. The molecule has 5 nitrogen and oxygen atoms in total. The van der Waals surface area contributed by atoms with Gasteiger partial charge in [0.05, 0.1) is 25.8 Å². The maximum absolute atomic E-state index is 5.56. The number of hydrogen-bond acceptors (Lipinski definition) is 3. The van der Waals surface area contributed by atoms with E-state index in [1.54, 1.807) is 0 Å². The number of aryl methyl sites for hydroxylation is 1. The molecular formula is C21H35IN4O. The van der Waals surface area contributed by atoms with Crippen LogP contribution in [0.25, 0.3) is 0 Å². The van der Waals surface area contributed by atoms with E-state index in [1.807, 2.05) is 0 Å². The molecule has 1 unspecified atom stereocenters. The van der Waals surface area contributed by atoms with Gasteiger partial charge in [0.25, 0.3) is 0 Å². The summed E-state index contributed by atoms with van der Waals surface area (Å²) in [6.45, 7) is 9.50. The quantitative estimate of drug-likeness (QED) is 0.367. The largest absolute Gasteiger partial charge is 0.379 e. The molecule has 0 amide bonds. The van der Waals surface area contributed by atoms with Crippen LogP contribution in [0.5, 0.6) is 0 Å². The topological polar surface area (TPSA) is 48.9 Å². The first-order valence-electron chi connectivity index (χ1n) is 10.2. The van der Waals surface area contributed by atoms with Gasteiger partial charge in [-0.1, -0.05) is 42.7 Å². The fraction of sp³-hybridized carbons (Fsp3) is 0.667. The highest BCUT2D eigenvalue weighted by molar-refractivity contribution is 14.0. The predicted molar refractivity (Wildman–Crippen MR) is 123 cm³/mol. The van der Waals surface area contributed by atoms with Gasteiger partial charge in [0.15, 0.2) is 5.96 Å². The third-order valence-electron chi connectivity index (χ3n) is 5.41. The third kappa shape index (κ3) is 6.91. The van der Waals surface area contributed by atoms with Crippen LogP contribution in [0.3, 0.4) is 0 Å². The summed E-state index contributed by atoms with van der Waals surface area (Å²) >= 11 is 0. The molecule has 0 aromatic heterocycles. The molecule has 2 aliphatic rings. The van der Waals surface area contributed by atoms with Gasteiger partial charge in [-0.25, -0.2) is 0 Å². The van der Waals surface area contributed by atoms with Gasteiger partial charge in [-0.3, -0.25) is 9.89 Å². The Hall–Kier alpha value is -0.860. The molecular weight excluding hydrogens is 451 g/mol. The average Bonchev–Trinajstić information content (AvgIpc) is 3.17. The summed E-state index contributed by atoms with van der Waals surface area (Å²) in [4.78, 5) is 7.47. The molecule has 0 bridgehead atoms. The number of hydrogen-bond donors (Lipinski definition) is 2. The fourth-order valence-corrected chi connectivity index (χ4v) is 3.87. The number of ether oxygens (including phenoxy) is 1. The molecule has 1 saturated heterocycles. The standard InChI is InChI=1S/C21H34N4O.HI/c1-3-22-21(24-19-6-4-5-7-19)23-16-20(25-12-14-26-15-13-25)18-10-8-17(2)9-11-18;/h8-11,19-20H,3-7,12-16H2,1-2H3,(H2,22,23,24);1H. The third-order valence-corrected chi connectivity index (χ3v) is 5.41. The van der Waals surface area contributed by atoms with Gasteiger partial charge >= 0.3 is 0 Å². The maximum Gasteiger partial charge on any atom is 0.191 e. The van der Waals surface area contributed by atoms with Gasteiger partial charge in [-0.2, -0.15) is 0 Å². The Kier molecular flexibility index (Phi) is 9.86. The molecule has 1 atom stereocenters. The number of nitrogens with one attached hydrogen (secondary N) is 2. The first-order valence-corrected chi connectivity index (χ1v) is 10.2. The van der Waals surface area contributed by atoms with Gasteiger partial charge in [-0.05, 0) is 32.3 Å². The Labute approximate surface area is 181 Å². The van der Waals surface area contributed by atoms with E-state index in [2.05, 4.69) is 53.6 Å². The van der Waals surface area contributed by atoms with Crippen molar-refractivity contribution >= 4 is 29.9 Å². The van der Waals surface area contributed by atoms with Crippen molar-refractivity contribution in [2.24, 2.45) is 4.99 Å². The van der Waals surface area contributed by atoms with Crippen molar-refractivity contribution in [2.45, 2.75) is 51.6 Å². The first kappa shape index (κ1) is 22.4. The number of guanidine groups is 1. The van der Waals surface area contributed by atoms with Crippen molar-refractivity contribution in [2.75, 3.05) is 39.4 Å². The number of morpholine rings is 1. The minimum Gasteiger partial charge on any atom is -0.379 e. The molecule has 1 aromatic rings. The highest BCUT2D eigenvalue weighted by Crippen LogP contribution is 2.23. The van der Waals surface area contributed by atoms with E-state index in [1.165, 1.54) is 36.8 Å². The Morgan fingerprint density at radius 3 is 2.48 bits per heavy atom. The summed E-state index contributed by atoms with van der Waals surface area (Å²) in [5, 5.41) is 7.06. The van der Waals surface area contributed by atoms with Crippen molar-refractivity contribution in [1.29, 1.82) is 0 Å². The maximum atomic E-state index is 5.56. The lowest BCUT2D eigenvalue weighted by Crippen LogP contribution is -2.44. The molecule has 3 rings (SSSR count). The van der Waals surface area contributed by atoms with Gasteiger partial charge < -0.3 is 15.4 Å². The van der Waals surface area contributed by atoms with Crippen molar-refractivity contribution < 1.29 is 4.74 Å². The van der Waals surface area contributed by atoms with E-state index in [9.17, 15) is 0 Å². The van der Waals surface area contributed by atoms with Crippen LogP contribution >= 0.6 is 24.0 Å². The molecule has 1 aromatic carbocycles. The van der Waals surface area contributed by atoms with Crippen LogP contribution < -0.4 is 10.6 Å². The molecule has 1 aliphatic carbocycles. The van der Waals surface area contributed by atoms with Crippen LogP contribution in [0.4, 0.5) is 0 Å². The Balaban J connectivity index is 0.00000261. The smallest absolute Gasteiger partial charge is 0.191 e. The average molecular weight is 486 g/mol. The molecule has 1 heterocycles. The fourth-order valence-electron chi connectivity index (χ4n) is 3.87. The van der Waals surface area contributed by atoms with Crippen LogP contribution in [0, 0.1) is 6.92 Å². The lowest BCUT2D eigenvalue weighted by Gasteiger charge is -2.34. The number of halogens is 1. The highest BCUT2D eigenvalue weighted by atomic mass is 127. The molecule has 152 valence electrons. The van der Waals surface area contributed by atoms with Crippen LogP contribution in [0.1, 0.15) is 49.8 Å². The molecule has 2 fully saturated rings. The van der Waals surface area contributed by atoms with E-state index < -0.39 is 0 Å². The van der Waals surface area contributed by atoms with Gasteiger partial charge in [0.1, 0.15) is 0 Å².